The highest BCUT2D eigenvalue weighted by molar-refractivity contribution is 5.95. The smallest absolute Gasteiger partial charge is 0.351 e. The van der Waals surface area contributed by atoms with Gasteiger partial charge in [-0.15, -0.1) is 0 Å². The first-order valence-electron chi connectivity index (χ1n) is 9.94. The number of hydrogen-bond acceptors (Lipinski definition) is 4. The first kappa shape index (κ1) is 22.5. The summed E-state index contributed by atoms with van der Waals surface area (Å²) in [5.41, 5.74) is 0.991. The number of amides is 1. The monoisotopic (exact) mass is 431 g/mol. The molecule has 3 rings (SSSR count). The molecule has 9 heteroatoms. The van der Waals surface area contributed by atoms with Crippen LogP contribution in [0.5, 0.6) is 0 Å². The molecular formula is C22H24F3N5O. The zero-order valence-corrected chi connectivity index (χ0v) is 17.5. The lowest BCUT2D eigenvalue weighted by Gasteiger charge is -2.21. The maximum atomic E-state index is 12.9. The molecule has 1 N–H and O–H groups in total. The summed E-state index contributed by atoms with van der Waals surface area (Å²) in [6.45, 7) is 6.09. The van der Waals surface area contributed by atoms with Crippen LogP contribution in [0.15, 0.2) is 48.9 Å². The lowest BCUT2D eigenvalue weighted by Crippen LogP contribution is -2.29. The Bertz CT molecular complexity index is 1010. The molecule has 2 heterocycles. The summed E-state index contributed by atoms with van der Waals surface area (Å²) in [7, 11) is 0. The van der Waals surface area contributed by atoms with Crippen molar-refractivity contribution in [3.8, 4) is 5.95 Å². The minimum absolute atomic E-state index is 0.112. The van der Waals surface area contributed by atoms with Crippen LogP contribution in [0.2, 0.25) is 0 Å². The van der Waals surface area contributed by atoms with E-state index in [0.29, 0.717) is 29.7 Å². The zero-order chi connectivity index (χ0) is 22.6. The second-order valence-corrected chi connectivity index (χ2v) is 7.78. The Morgan fingerprint density at radius 2 is 1.77 bits per heavy atom. The van der Waals surface area contributed by atoms with Gasteiger partial charge in [0, 0.05) is 31.1 Å². The molecule has 1 atom stereocenters. The van der Waals surface area contributed by atoms with E-state index in [0.717, 1.165) is 24.1 Å². The van der Waals surface area contributed by atoms with Crippen molar-refractivity contribution in [1.82, 2.24) is 25.1 Å². The number of alkyl halides is 3. The van der Waals surface area contributed by atoms with Crippen molar-refractivity contribution in [1.29, 1.82) is 0 Å². The van der Waals surface area contributed by atoms with Crippen molar-refractivity contribution in [3.63, 3.8) is 0 Å². The number of halogens is 3. The predicted molar refractivity (Wildman–Crippen MR) is 110 cm³/mol. The van der Waals surface area contributed by atoms with Crippen LogP contribution in [-0.4, -0.2) is 32.2 Å². The first-order valence-corrected chi connectivity index (χ1v) is 9.94. The van der Waals surface area contributed by atoms with Crippen LogP contribution in [0, 0.1) is 12.8 Å². The Morgan fingerprint density at radius 1 is 1.13 bits per heavy atom. The van der Waals surface area contributed by atoms with Crippen LogP contribution in [0.4, 0.5) is 13.2 Å². The van der Waals surface area contributed by atoms with E-state index in [1.54, 1.807) is 31.6 Å². The first-order chi connectivity index (χ1) is 14.6. The van der Waals surface area contributed by atoms with E-state index >= 15 is 0 Å². The Hall–Kier alpha value is -3.23. The van der Waals surface area contributed by atoms with Gasteiger partial charge in [-0.05, 0) is 43.0 Å². The number of nitrogens with zero attached hydrogens (tertiary/aromatic N) is 4. The number of nitrogens with one attached hydrogen (secondary N) is 1. The van der Waals surface area contributed by atoms with Crippen LogP contribution in [-0.2, 0) is 6.18 Å². The van der Waals surface area contributed by atoms with E-state index in [9.17, 15) is 18.0 Å². The van der Waals surface area contributed by atoms with Crippen LogP contribution in [0.1, 0.15) is 53.4 Å². The van der Waals surface area contributed by atoms with Gasteiger partial charge in [-0.1, -0.05) is 26.0 Å². The van der Waals surface area contributed by atoms with Crippen LogP contribution in [0.3, 0.4) is 0 Å². The van der Waals surface area contributed by atoms with Crippen molar-refractivity contribution in [2.24, 2.45) is 5.92 Å². The average molecular weight is 431 g/mol. The van der Waals surface area contributed by atoms with Crippen LogP contribution >= 0.6 is 0 Å². The third kappa shape index (κ3) is 5.68. The second kappa shape index (κ2) is 9.28. The normalized spacial score (nSPS) is 12.7. The van der Waals surface area contributed by atoms with E-state index in [1.165, 1.54) is 16.8 Å². The van der Waals surface area contributed by atoms with Gasteiger partial charge >= 0.3 is 6.18 Å². The summed E-state index contributed by atoms with van der Waals surface area (Å²) in [4.78, 5) is 21.0. The third-order valence-corrected chi connectivity index (χ3v) is 4.87. The molecule has 0 saturated carbocycles. The Kier molecular flexibility index (Phi) is 6.72. The molecule has 6 nitrogen and oxygen atoms in total. The predicted octanol–water partition coefficient (Wildman–Crippen LogP) is 4.55. The second-order valence-electron chi connectivity index (χ2n) is 7.78. The standard InChI is InChI=1S/C22H24F3N5O/c1-14(2)11-17(16-5-7-18(8-6-16)22(23,24)25)12-28-20(31)19-13-30(29-15(19)3)21-26-9-4-10-27-21/h4-10,13-14,17H,11-12H2,1-3H3,(H,28,31). The number of carbonyl (C=O) groups excluding carboxylic acids is 1. The third-order valence-electron chi connectivity index (χ3n) is 4.87. The quantitative estimate of drug-likeness (QED) is 0.596. The molecule has 3 aromatic rings. The van der Waals surface area contributed by atoms with E-state index in [-0.39, 0.29) is 11.8 Å². The Labute approximate surface area is 178 Å². The number of rotatable bonds is 7. The van der Waals surface area contributed by atoms with Crippen molar-refractivity contribution in [3.05, 3.63) is 71.3 Å². The van der Waals surface area contributed by atoms with E-state index < -0.39 is 11.7 Å². The summed E-state index contributed by atoms with van der Waals surface area (Å²) in [5, 5.41) is 7.19. The van der Waals surface area contributed by atoms with Crippen molar-refractivity contribution < 1.29 is 18.0 Å². The SMILES string of the molecule is Cc1nn(-c2ncccn2)cc1C(=O)NCC(CC(C)C)c1ccc(C(F)(F)F)cc1. The molecule has 0 spiro atoms. The number of benzene rings is 1. The molecule has 31 heavy (non-hydrogen) atoms. The van der Waals surface area contributed by atoms with Crippen molar-refractivity contribution >= 4 is 5.91 Å². The summed E-state index contributed by atoms with van der Waals surface area (Å²) in [6.07, 6.45) is 1.08. The highest BCUT2D eigenvalue weighted by Gasteiger charge is 2.30. The molecule has 2 aromatic heterocycles. The topological polar surface area (TPSA) is 72.7 Å². The van der Waals surface area contributed by atoms with Crippen LogP contribution in [0.25, 0.3) is 5.95 Å². The molecule has 0 fully saturated rings. The summed E-state index contributed by atoms with van der Waals surface area (Å²) >= 11 is 0. The molecular weight excluding hydrogens is 407 g/mol. The molecule has 1 unspecified atom stereocenters. The van der Waals surface area contributed by atoms with E-state index in [4.69, 9.17) is 0 Å². The molecule has 0 radical (unpaired) electrons. The molecule has 0 bridgehead atoms. The molecule has 0 aliphatic carbocycles. The van der Waals surface area contributed by atoms with Gasteiger partial charge in [0.1, 0.15) is 0 Å². The van der Waals surface area contributed by atoms with E-state index in [1.807, 2.05) is 13.8 Å². The number of carbonyl (C=O) groups is 1. The highest BCUT2D eigenvalue weighted by Crippen LogP contribution is 2.31. The fraction of sp³-hybridized carbons (Fsp3) is 0.364. The molecule has 0 aliphatic rings. The molecule has 0 saturated heterocycles. The summed E-state index contributed by atoms with van der Waals surface area (Å²) in [6, 6.07) is 6.82. The van der Waals surface area contributed by atoms with Gasteiger partial charge in [0.25, 0.3) is 5.91 Å². The minimum atomic E-state index is -4.37. The lowest BCUT2D eigenvalue weighted by molar-refractivity contribution is -0.137. The fourth-order valence-electron chi connectivity index (χ4n) is 3.36. The van der Waals surface area contributed by atoms with Gasteiger partial charge in [0.15, 0.2) is 0 Å². The zero-order valence-electron chi connectivity index (χ0n) is 17.5. The molecule has 1 aromatic carbocycles. The van der Waals surface area contributed by atoms with Gasteiger partial charge in [-0.25, -0.2) is 14.6 Å². The largest absolute Gasteiger partial charge is 0.416 e. The Balaban J connectivity index is 1.73. The maximum Gasteiger partial charge on any atom is 0.416 e. The summed E-state index contributed by atoms with van der Waals surface area (Å²) < 4.78 is 40.0. The molecule has 1 amide bonds. The Morgan fingerprint density at radius 3 is 2.35 bits per heavy atom. The average Bonchev–Trinajstić information content (AvgIpc) is 3.12. The van der Waals surface area contributed by atoms with Gasteiger partial charge < -0.3 is 5.32 Å². The van der Waals surface area contributed by atoms with Gasteiger partial charge in [0.2, 0.25) is 5.95 Å². The number of aromatic nitrogens is 4. The summed E-state index contributed by atoms with van der Waals surface area (Å²) in [5.74, 6) is 0.246. The van der Waals surface area contributed by atoms with Gasteiger partial charge in [-0.3, -0.25) is 4.79 Å². The lowest BCUT2D eigenvalue weighted by atomic mass is 9.89. The van der Waals surface area contributed by atoms with E-state index in [2.05, 4.69) is 20.4 Å². The van der Waals surface area contributed by atoms with Crippen LogP contribution < -0.4 is 5.32 Å². The maximum absolute atomic E-state index is 12.9. The van der Waals surface area contributed by atoms with Gasteiger partial charge in [-0.2, -0.15) is 18.3 Å². The van der Waals surface area contributed by atoms with Crippen molar-refractivity contribution in [2.75, 3.05) is 6.54 Å². The van der Waals surface area contributed by atoms with Gasteiger partial charge in [0.05, 0.1) is 16.8 Å². The van der Waals surface area contributed by atoms with Crippen molar-refractivity contribution in [2.45, 2.75) is 39.3 Å². The molecule has 164 valence electrons. The highest BCUT2D eigenvalue weighted by atomic mass is 19.4. The minimum Gasteiger partial charge on any atom is -0.351 e. The fourth-order valence-corrected chi connectivity index (χ4v) is 3.36. The number of hydrogen-bond donors (Lipinski definition) is 1. The molecule has 0 aliphatic heterocycles. The number of aryl methyl sites for hydroxylation is 1.